The van der Waals surface area contributed by atoms with Crippen molar-refractivity contribution >= 4 is 27.5 Å². The number of benzene rings is 3. The molecule has 2 amide bonds. The fraction of sp³-hybridized carbons (Fsp3) is 0.286. The van der Waals surface area contributed by atoms with Crippen molar-refractivity contribution in [1.82, 2.24) is 10.2 Å². The van der Waals surface area contributed by atoms with E-state index in [2.05, 4.69) is 5.32 Å². The number of rotatable bonds is 11. The van der Waals surface area contributed by atoms with Gasteiger partial charge in [0.2, 0.25) is 11.8 Å². The van der Waals surface area contributed by atoms with E-state index < -0.39 is 28.5 Å². The zero-order chi connectivity index (χ0) is 27.0. The summed E-state index contributed by atoms with van der Waals surface area (Å²) in [6, 6.07) is 21.4. The number of methoxy groups -OCH3 is 1. The van der Waals surface area contributed by atoms with Gasteiger partial charge in [-0.05, 0) is 62.7 Å². The lowest BCUT2D eigenvalue weighted by Crippen LogP contribution is -2.51. The first-order valence-corrected chi connectivity index (χ1v) is 13.5. The van der Waals surface area contributed by atoms with Crippen LogP contribution in [0.25, 0.3) is 0 Å². The molecule has 0 radical (unpaired) electrons. The van der Waals surface area contributed by atoms with Crippen LogP contribution < -0.4 is 14.4 Å². The molecule has 0 spiro atoms. The van der Waals surface area contributed by atoms with Crippen LogP contribution in [0.4, 0.5) is 5.69 Å². The van der Waals surface area contributed by atoms with E-state index in [4.69, 9.17) is 4.74 Å². The Morgan fingerprint density at radius 3 is 2.14 bits per heavy atom. The lowest BCUT2D eigenvalue weighted by molar-refractivity contribution is -0.139. The Morgan fingerprint density at radius 1 is 0.946 bits per heavy atom. The molecule has 0 fully saturated rings. The number of carbonyl (C=O) groups excluding carboxylic acids is 2. The predicted octanol–water partition coefficient (Wildman–Crippen LogP) is 3.75. The molecule has 0 bridgehead atoms. The van der Waals surface area contributed by atoms with E-state index in [-0.39, 0.29) is 17.3 Å². The Morgan fingerprint density at radius 2 is 1.57 bits per heavy atom. The van der Waals surface area contributed by atoms with Crippen LogP contribution in [0.3, 0.4) is 0 Å². The summed E-state index contributed by atoms with van der Waals surface area (Å²) in [5, 5.41) is 2.75. The minimum Gasteiger partial charge on any atom is -0.497 e. The summed E-state index contributed by atoms with van der Waals surface area (Å²) in [6.07, 6.45) is 0. The fourth-order valence-electron chi connectivity index (χ4n) is 3.80. The van der Waals surface area contributed by atoms with Gasteiger partial charge in [0.15, 0.2) is 0 Å². The first kappa shape index (κ1) is 27.7. The molecule has 0 saturated heterocycles. The maximum Gasteiger partial charge on any atom is 0.264 e. The van der Waals surface area contributed by atoms with E-state index in [0.29, 0.717) is 18.0 Å². The van der Waals surface area contributed by atoms with Gasteiger partial charge in [-0.1, -0.05) is 48.0 Å². The number of amides is 2. The Labute approximate surface area is 218 Å². The van der Waals surface area contributed by atoms with Crippen molar-refractivity contribution in [3.8, 4) is 5.75 Å². The second kappa shape index (κ2) is 12.4. The van der Waals surface area contributed by atoms with E-state index in [1.54, 1.807) is 50.2 Å². The van der Waals surface area contributed by atoms with Gasteiger partial charge in [0.05, 0.1) is 17.7 Å². The number of nitrogens with zero attached hydrogens (tertiary/aromatic N) is 2. The Balaban J connectivity index is 2.02. The third-order valence-electron chi connectivity index (χ3n) is 5.96. The highest BCUT2D eigenvalue weighted by Crippen LogP contribution is 2.26. The first-order chi connectivity index (χ1) is 17.7. The van der Waals surface area contributed by atoms with E-state index >= 15 is 0 Å². The smallest absolute Gasteiger partial charge is 0.264 e. The summed E-state index contributed by atoms with van der Waals surface area (Å²) in [6.45, 7) is 5.38. The van der Waals surface area contributed by atoms with Crippen molar-refractivity contribution in [3.63, 3.8) is 0 Å². The normalized spacial score (nSPS) is 11.9. The number of aryl methyl sites for hydroxylation is 1. The van der Waals surface area contributed by atoms with Crippen LogP contribution >= 0.6 is 0 Å². The summed E-state index contributed by atoms with van der Waals surface area (Å²) in [4.78, 5) is 27.9. The van der Waals surface area contributed by atoms with Gasteiger partial charge in [0.1, 0.15) is 18.3 Å². The van der Waals surface area contributed by atoms with E-state index in [1.165, 1.54) is 24.1 Å². The predicted molar refractivity (Wildman–Crippen MR) is 144 cm³/mol. The average Bonchev–Trinajstić information content (AvgIpc) is 2.91. The number of likely N-dealkylation sites (N-methyl/N-ethyl adjacent to an activating group) is 1. The molecule has 0 aliphatic rings. The Bertz CT molecular complexity index is 1290. The Kier molecular flexibility index (Phi) is 9.30. The third kappa shape index (κ3) is 6.89. The van der Waals surface area contributed by atoms with Gasteiger partial charge in [-0.25, -0.2) is 8.42 Å². The number of nitrogens with one attached hydrogen (secondary N) is 1. The lowest BCUT2D eigenvalue weighted by atomic mass is 10.1. The van der Waals surface area contributed by atoms with Crippen molar-refractivity contribution in [2.24, 2.45) is 0 Å². The molecule has 0 aliphatic heterocycles. The van der Waals surface area contributed by atoms with Crippen LogP contribution in [0.15, 0.2) is 83.8 Å². The van der Waals surface area contributed by atoms with Crippen molar-refractivity contribution in [1.29, 1.82) is 0 Å². The highest BCUT2D eigenvalue weighted by atomic mass is 32.2. The topological polar surface area (TPSA) is 96.0 Å². The van der Waals surface area contributed by atoms with Crippen LogP contribution in [0.2, 0.25) is 0 Å². The third-order valence-corrected chi connectivity index (χ3v) is 7.75. The summed E-state index contributed by atoms with van der Waals surface area (Å²) in [5.41, 5.74) is 2.04. The van der Waals surface area contributed by atoms with Crippen LogP contribution in [-0.4, -0.2) is 51.4 Å². The zero-order valence-corrected chi connectivity index (χ0v) is 22.4. The van der Waals surface area contributed by atoms with Crippen molar-refractivity contribution in [2.45, 2.75) is 38.3 Å². The molecular formula is C28H33N3O5S. The lowest BCUT2D eigenvalue weighted by Gasteiger charge is -2.32. The van der Waals surface area contributed by atoms with Gasteiger partial charge in [-0.2, -0.15) is 0 Å². The molecular weight excluding hydrogens is 490 g/mol. The second-order valence-corrected chi connectivity index (χ2v) is 10.5. The van der Waals surface area contributed by atoms with Gasteiger partial charge >= 0.3 is 0 Å². The summed E-state index contributed by atoms with van der Waals surface area (Å²) in [5.74, 6) is -0.267. The van der Waals surface area contributed by atoms with Crippen molar-refractivity contribution in [3.05, 3.63) is 90.0 Å². The number of sulfonamides is 1. The molecule has 0 saturated carbocycles. The van der Waals surface area contributed by atoms with Crippen LogP contribution in [0.1, 0.15) is 25.0 Å². The van der Waals surface area contributed by atoms with E-state index in [0.717, 1.165) is 15.4 Å². The number of carbonyl (C=O) groups is 2. The molecule has 196 valence electrons. The van der Waals surface area contributed by atoms with Crippen LogP contribution in [-0.2, 0) is 26.2 Å². The van der Waals surface area contributed by atoms with Crippen LogP contribution in [0, 0.1) is 6.92 Å². The molecule has 0 heterocycles. The SMILES string of the molecule is CCNC(=O)[C@@H](C)N(Cc1ccccc1)C(=O)CN(c1ccc(OC)cc1)S(=O)(=O)c1ccc(C)cc1. The van der Waals surface area contributed by atoms with Crippen molar-refractivity contribution in [2.75, 3.05) is 24.5 Å². The quantitative estimate of drug-likeness (QED) is 0.413. The maximum atomic E-state index is 13.8. The number of anilines is 1. The zero-order valence-electron chi connectivity index (χ0n) is 21.5. The fourth-order valence-corrected chi connectivity index (χ4v) is 5.21. The van der Waals surface area contributed by atoms with Gasteiger partial charge in [-0.3, -0.25) is 13.9 Å². The maximum absolute atomic E-state index is 13.8. The number of hydrogen-bond acceptors (Lipinski definition) is 5. The number of ether oxygens (including phenoxy) is 1. The first-order valence-electron chi connectivity index (χ1n) is 12.0. The molecule has 3 rings (SSSR count). The molecule has 1 N–H and O–H groups in total. The number of hydrogen-bond donors (Lipinski definition) is 1. The minimum atomic E-state index is -4.10. The summed E-state index contributed by atoms with van der Waals surface area (Å²) in [7, 11) is -2.59. The molecule has 8 nitrogen and oxygen atoms in total. The van der Waals surface area contributed by atoms with Gasteiger partial charge in [0.25, 0.3) is 10.0 Å². The van der Waals surface area contributed by atoms with Gasteiger partial charge in [-0.15, -0.1) is 0 Å². The highest BCUT2D eigenvalue weighted by molar-refractivity contribution is 7.92. The van der Waals surface area contributed by atoms with Gasteiger partial charge in [0, 0.05) is 13.1 Å². The standard InChI is InChI=1S/C28H33N3O5S/c1-5-29-28(33)22(3)30(19-23-9-7-6-8-10-23)27(32)20-31(24-13-15-25(36-4)16-14-24)37(34,35)26-17-11-21(2)12-18-26/h6-18,22H,5,19-20H2,1-4H3,(H,29,33)/t22-/m1/s1. The molecule has 3 aromatic carbocycles. The minimum absolute atomic E-state index is 0.0631. The van der Waals surface area contributed by atoms with Crippen LogP contribution in [0.5, 0.6) is 5.75 Å². The van der Waals surface area contributed by atoms with Gasteiger partial charge < -0.3 is 15.0 Å². The monoisotopic (exact) mass is 523 g/mol. The molecule has 37 heavy (non-hydrogen) atoms. The van der Waals surface area contributed by atoms with E-state index in [9.17, 15) is 18.0 Å². The summed E-state index contributed by atoms with van der Waals surface area (Å²) >= 11 is 0. The summed E-state index contributed by atoms with van der Waals surface area (Å²) < 4.78 is 33.8. The molecule has 3 aromatic rings. The van der Waals surface area contributed by atoms with E-state index in [1.807, 2.05) is 37.3 Å². The van der Waals surface area contributed by atoms with Crippen molar-refractivity contribution < 1.29 is 22.7 Å². The molecule has 0 aromatic heterocycles. The molecule has 0 aliphatic carbocycles. The second-order valence-electron chi connectivity index (χ2n) is 8.60. The molecule has 9 heteroatoms. The largest absolute Gasteiger partial charge is 0.497 e. The molecule has 1 atom stereocenters. The molecule has 0 unspecified atom stereocenters. The highest BCUT2D eigenvalue weighted by Gasteiger charge is 2.32. The Hall–Kier alpha value is -3.85. The average molecular weight is 524 g/mol.